The summed E-state index contributed by atoms with van der Waals surface area (Å²) in [5, 5.41) is 7.50. The fourth-order valence-corrected chi connectivity index (χ4v) is 4.13. The van der Waals surface area contributed by atoms with Crippen molar-refractivity contribution in [1.29, 1.82) is 0 Å². The maximum atomic E-state index is 13.1. The van der Waals surface area contributed by atoms with Crippen LogP contribution in [0, 0.1) is 5.41 Å². The second kappa shape index (κ2) is 7.08. The first-order valence-corrected chi connectivity index (χ1v) is 8.82. The van der Waals surface area contributed by atoms with Crippen molar-refractivity contribution in [1.82, 2.24) is 10.2 Å². The Morgan fingerprint density at radius 2 is 2.36 bits per heavy atom. The van der Waals surface area contributed by atoms with Gasteiger partial charge in [-0.3, -0.25) is 4.79 Å². The predicted octanol–water partition coefficient (Wildman–Crippen LogP) is 1.66. The van der Waals surface area contributed by atoms with Crippen molar-refractivity contribution in [2.24, 2.45) is 5.41 Å². The molecule has 1 aromatic rings. The molecular weight excluding hydrogens is 300 g/mol. The van der Waals surface area contributed by atoms with E-state index in [1.54, 1.807) is 18.4 Å². The molecule has 3 rings (SSSR count). The lowest BCUT2D eigenvalue weighted by Crippen LogP contribution is -2.54. The number of methoxy groups -OCH3 is 1. The van der Waals surface area contributed by atoms with Gasteiger partial charge in [0, 0.05) is 13.7 Å². The van der Waals surface area contributed by atoms with E-state index in [4.69, 9.17) is 9.47 Å². The molecule has 0 bridgehead atoms. The lowest BCUT2D eigenvalue weighted by atomic mass is 9.78. The van der Waals surface area contributed by atoms with Crippen LogP contribution >= 0.6 is 11.3 Å². The van der Waals surface area contributed by atoms with Crippen LogP contribution in [0.2, 0.25) is 0 Å². The zero-order chi connectivity index (χ0) is 15.4. The van der Waals surface area contributed by atoms with E-state index in [0.29, 0.717) is 26.3 Å². The van der Waals surface area contributed by atoms with Gasteiger partial charge in [-0.25, -0.2) is 0 Å². The highest BCUT2D eigenvalue weighted by atomic mass is 32.1. The van der Waals surface area contributed by atoms with Gasteiger partial charge in [0.1, 0.15) is 6.10 Å². The first kappa shape index (κ1) is 15.9. The smallest absolute Gasteiger partial charge is 0.231 e. The van der Waals surface area contributed by atoms with Crippen LogP contribution < -0.4 is 5.32 Å². The number of carbonyl (C=O) groups excluding carboxylic acids is 1. The van der Waals surface area contributed by atoms with E-state index in [1.165, 1.54) is 5.56 Å². The molecule has 0 aliphatic carbocycles. The SMILES string of the molecule is COCC1(C(=O)N2CCOC(c3ccsc3)C2)CCNCC1. The minimum absolute atomic E-state index is 0.00487. The fraction of sp³-hybridized carbons (Fsp3) is 0.688. The normalized spacial score (nSPS) is 25.1. The number of hydrogen-bond donors (Lipinski definition) is 1. The van der Waals surface area contributed by atoms with Crippen molar-refractivity contribution in [2.75, 3.05) is 46.5 Å². The van der Waals surface area contributed by atoms with E-state index in [2.05, 4.69) is 22.1 Å². The molecule has 6 heteroatoms. The summed E-state index contributed by atoms with van der Waals surface area (Å²) in [6.07, 6.45) is 1.70. The van der Waals surface area contributed by atoms with E-state index in [0.717, 1.165) is 25.9 Å². The molecular formula is C16H24N2O3S. The molecule has 2 saturated heterocycles. The second-order valence-corrected chi connectivity index (χ2v) is 6.91. The number of carbonyl (C=O) groups is 1. The standard InChI is InChI=1S/C16H24N2O3S/c1-20-12-16(3-5-17-6-4-16)15(19)18-7-8-21-14(10-18)13-2-9-22-11-13/h2,9,11,14,17H,3-8,10,12H2,1H3. The number of morpholine rings is 1. The summed E-state index contributed by atoms with van der Waals surface area (Å²) < 4.78 is 11.2. The topological polar surface area (TPSA) is 50.8 Å². The van der Waals surface area contributed by atoms with E-state index >= 15 is 0 Å². The molecule has 5 nitrogen and oxygen atoms in total. The molecule has 1 aromatic heterocycles. The van der Waals surface area contributed by atoms with E-state index < -0.39 is 0 Å². The van der Waals surface area contributed by atoms with Gasteiger partial charge in [-0.1, -0.05) is 0 Å². The third-order valence-corrected chi connectivity index (χ3v) is 5.41. The largest absolute Gasteiger partial charge is 0.384 e. The maximum absolute atomic E-state index is 13.1. The van der Waals surface area contributed by atoms with Crippen molar-refractivity contribution < 1.29 is 14.3 Å². The van der Waals surface area contributed by atoms with Crippen LogP contribution in [0.3, 0.4) is 0 Å². The van der Waals surface area contributed by atoms with Crippen LogP contribution in [0.1, 0.15) is 24.5 Å². The molecule has 1 atom stereocenters. The number of rotatable bonds is 4. The van der Waals surface area contributed by atoms with Crippen LogP contribution in [0.4, 0.5) is 0 Å². The zero-order valence-corrected chi connectivity index (χ0v) is 13.9. The van der Waals surface area contributed by atoms with Gasteiger partial charge >= 0.3 is 0 Å². The molecule has 2 fully saturated rings. The minimum atomic E-state index is -0.365. The fourth-order valence-electron chi connectivity index (χ4n) is 3.43. The molecule has 3 heterocycles. The molecule has 1 amide bonds. The number of amides is 1. The third-order valence-electron chi connectivity index (χ3n) is 4.70. The lowest BCUT2D eigenvalue weighted by Gasteiger charge is -2.42. The molecule has 22 heavy (non-hydrogen) atoms. The summed E-state index contributed by atoms with van der Waals surface area (Å²) in [5.74, 6) is 0.236. The van der Waals surface area contributed by atoms with Crippen LogP contribution in [0.15, 0.2) is 16.8 Å². The average molecular weight is 324 g/mol. The van der Waals surface area contributed by atoms with E-state index in [9.17, 15) is 4.79 Å². The Hall–Kier alpha value is -0.950. The summed E-state index contributed by atoms with van der Waals surface area (Å²) in [4.78, 5) is 15.1. The Morgan fingerprint density at radius 1 is 1.55 bits per heavy atom. The van der Waals surface area contributed by atoms with E-state index in [1.807, 2.05) is 4.90 Å². The summed E-state index contributed by atoms with van der Waals surface area (Å²) in [6.45, 7) is 4.20. The van der Waals surface area contributed by atoms with Gasteiger partial charge in [-0.2, -0.15) is 11.3 Å². The van der Waals surface area contributed by atoms with Crippen molar-refractivity contribution in [3.05, 3.63) is 22.4 Å². The Bertz CT molecular complexity index is 480. The highest BCUT2D eigenvalue weighted by Gasteiger charge is 2.43. The Balaban J connectivity index is 1.72. The number of thiophene rings is 1. The van der Waals surface area contributed by atoms with Gasteiger partial charge in [0.2, 0.25) is 5.91 Å². The van der Waals surface area contributed by atoms with Gasteiger partial charge in [0.25, 0.3) is 0 Å². The average Bonchev–Trinajstić information content (AvgIpc) is 3.10. The monoisotopic (exact) mass is 324 g/mol. The molecule has 0 radical (unpaired) electrons. The summed E-state index contributed by atoms with van der Waals surface area (Å²) in [6, 6.07) is 2.08. The van der Waals surface area contributed by atoms with E-state index in [-0.39, 0.29) is 17.4 Å². The van der Waals surface area contributed by atoms with Crippen LogP contribution in [-0.2, 0) is 14.3 Å². The van der Waals surface area contributed by atoms with Crippen LogP contribution in [0.25, 0.3) is 0 Å². The van der Waals surface area contributed by atoms with Crippen molar-refractivity contribution in [3.8, 4) is 0 Å². The van der Waals surface area contributed by atoms with Gasteiger partial charge < -0.3 is 19.7 Å². The van der Waals surface area contributed by atoms with Crippen LogP contribution in [-0.4, -0.2) is 57.3 Å². The lowest BCUT2D eigenvalue weighted by molar-refractivity contribution is -0.155. The molecule has 0 aromatic carbocycles. The molecule has 1 N–H and O–H groups in total. The first-order valence-electron chi connectivity index (χ1n) is 7.88. The number of ether oxygens (including phenoxy) is 2. The number of nitrogens with zero attached hydrogens (tertiary/aromatic N) is 1. The zero-order valence-electron chi connectivity index (χ0n) is 13.0. The highest BCUT2D eigenvalue weighted by molar-refractivity contribution is 7.07. The number of piperidine rings is 1. The predicted molar refractivity (Wildman–Crippen MR) is 86.0 cm³/mol. The molecule has 0 spiro atoms. The Labute approximate surface area is 135 Å². The quantitative estimate of drug-likeness (QED) is 0.915. The molecule has 2 aliphatic rings. The van der Waals surface area contributed by atoms with Crippen LogP contribution in [0.5, 0.6) is 0 Å². The molecule has 122 valence electrons. The van der Waals surface area contributed by atoms with Gasteiger partial charge in [0.15, 0.2) is 0 Å². The van der Waals surface area contributed by atoms with Crippen molar-refractivity contribution >= 4 is 17.2 Å². The summed E-state index contributed by atoms with van der Waals surface area (Å²) in [5.41, 5.74) is 0.810. The minimum Gasteiger partial charge on any atom is -0.384 e. The van der Waals surface area contributed by atoms with Crippen molar-refractivity contribution in [3.63, 3.8) is 0 Å². The number of nitrogens with one attached hydrogen (secondary N) is 1. The second-order valence-electron chi connectivity index (χ2n) is 6.13. The molecule has 0 saturated carbocycles. The highest BCUT2D eigenvalue weighted by Crippen LogP contribution is 2.34. The maximum Gasteiger partial charge on any atom is 0.231 e. The van der Waals surface area contributed by atoms with Crippen molar-refractivity contribution in [2.45, 2.75) is 18.9 Å². The first-order chi connectivity index (χ1) is 10.7. The summed E-state index contributed by atoms with van der Waals surface area (Å²) >= 11 is 1.67. The van der Waals surface area contributed by atoms with Gasteiger partial charge in [0.05, 0.1) is 25.2 Å². The third kappa shape index (κ3) is 3.20. The van der Waals surface area contributed by atoms with Gasteiger partial charge in [-0.15, -0.1) is 0 Å². The molecule has 2 aliphatic heterocycles. The summed E-state index contributed by atoms with van der Waals surface area (Å²) in [7, 11) is 1.69. The Kier molecular flexibility index (Phi) is 5.13. The number of hydrogen-bond acceptors (Lipinski definition) is 5. The van der Waals surface area contributed by atoms with Gasteiger partial charge in [-0.05, 0) is 48.3 Å². The molecule has 1 unspecified atom stereocenters. The Morgan fingerprint density at radius 3 is 3.05 bits per heavy atom.